The molecule has 1 aliphatic rings. The van der Waals surface area contributed by atoms with E-state index >= 15 is 0 Å². The van der Waals surface area contributed by atoms with Gasteiger partial charge in [0.15, 0.2) is 0 Å². The van der Waals surface area contributed by atoms with E-state index in [0.29, 0.717) is 11.6 Å². The van der Waals surface area contributed by atoms with Crippen LogP contribution in [0.4, 0.5) is 0 Å². The quantitative estimate of drug-likeness (QED) is 0.737. The van der Waals surface area contributed by atoms with E-state index in [1.807, 2.05) is 0 Å². The third kappa shape index (κ3) is 1.67. The Morgan fingerprint density at radius 1 is 1.62 bits per heavy atom. The summed E-state index contributed by atoms with van der Waals surface area (Å²) >= 11 is 5.64. The SMILES string of the molecule is C[C@](O)(c1ccnc(Cl)n1)C1CC1. The van der Waals surface area contributed by atoms with Crippen molar-refractivity contribution in [1.29, 1.82) is 0 Å². The Morgan fingerprint density at radius 3 is 2.85 bits per heavy atom. The van der Waals surface area contributed by atoms with Crippen LogP contribution in [0, 0.1) is 5.92 Å². The van der Waals surface area contributed by atoms with Crippen LogP contribution < -0.4 is 0 Å². The highest BCUT2D eigenvalue weighted by Crippen LogP contribution is 2.44. The first-order chi connectivity index (χ1) is 6.10. The fraction of sp³-hybridized carbons (Fsp3) is 0.556. The predicted octanol–water partition coefficient (Wildman–Crippen LogP) is 1.75. The molecule has 1 heterocycles. The summed E-state index contributed by atoms with van der Waals surface area (Å²) in [4.78, 5) is 7.79. The lowest BCUT2D eigenvalue weighted by atomic mass is 9.96. The van der Waals surface area contributed by atoms with Crippen molar-refractivity contribution < 1.29 is 5.11 Å². The summed E-state index contributed by atoms with van der Waals surface area (Å²) in [7, 11) is 0. The van der Waals surface area contributed by atoms with E-state index in [9.17, 15) is 5.11 Å². The summed E-state index contributed by atoms with van der Waals surface area (Å²) in [6.45, 7) is 1.78. The minimum absolute atomic E-state index is 0.193. The van der Waals surface area contributed by atoms with Gasteiger partial charge in [-0.1, -0.05) is 0 Å². The second-order valence-corrected chi connectivity index (χ2v) is 3.97. The van der Waals surface area contributed by atoms with Crippen LogP contribution >= 0.6 is 11.6 Å². The van der Waals surface area contributed by atoms with E-state index in [2.05, 4.69) is 9.97 Å². The highest BCUT2D eigenvalue weighted by Gasteiger charge is 2.42. The summed E-state index contributed by atoms with van der Waals surface area (Å²) in [6, 6.07) is 1.71. The van der Waals surface area contributed by atoms with Crippen LogP contribution in [-0.2, 0) is 5.60 Å². The topological polar surface area (TPSA) is 46.0 Å². The largest absolute Gasteiger partial charge is 0.384 e. The van der Waals surface area contributed by atoms with E-state index in [4.69, 9.17) is 11.6 Å². The van der Waals surface area contributed by atoms with E-state index in [1.54, 1.807) is 19.2 Å². The predicted molar refractivity (Wildman–Crippen MR) is 49.3 cm³/mol. The van der Waals surface area contributed by atoms with Gasteiger partial charge in [-0.15, -0.1) is 0 Å². The molecular weight excluding hydrogens is 188 g/mol. The van der Waals surface area contributed by atoms with Gasteiger partial charge < -0.3 is 5.11 Å². The highest BCUT2D eigenvalue weighted by molar-refractivity contribution is 6.28. The van der Waals surface area contributed by atoms with E-state index < -0.39 is 5.60 Å². The molecule has 1 aliphatic carbocycles. The number of rotatable bonds is 2. The van der Waals surface area contributed by atoms with Gasteiger partial charge in [-0.2, -0.15) is 0 Å². The van der Waals surface area contributed by atoms with Gasteiger partial charge in [0, 0.05) is 6.20 Å². The Bertz CT molecular complexity index is 323. The van der Waals surface area contributed by atoms with Crippen molar-refractivity contribution in [3.63, 3.8) is 0 Å². The molecule has 2 rings (SSSR count). The molecule has 0 aromatic carbocycles. The summed E-state index contributed by atoms with van der Waals surface area (Å²) in [5, 5.41) is 10.3. The molecular formula is C9H11ClN2O. The van der Waals surface area contributed by atoms with Crippen LogP contribution in [0.1, 0.15) is 25.5 Å². The molecule has 1 fully saturated rings. The maximum Gasteiger partial charge on any atom is 0.222 e. The standard InChI is InChI=1S/C9H11ClN2O/c1-9(13,6-2-3-6)7-4-5-11-8(10)12-7/h4-6,13H,2-3H2,1H3/t9-/m1/s1. The second-order valence-electron chi connectivity index (χ2n) is 3.63. The first-order valence-electron chi connectivity index (χ1n) is 4.32. The van der Waals surface area contributed by atoms with Gasteiger partial charge >= 0.3 is 0 Å². The fourth-order valence-electron chi connectivity index (χ4n) is 1.47. The number of nitrogens with zero attached hydrogens (tertiary/aromatic N) is 2. The molecule has 0 spiro atoms. The molecule has 13 heavy (non-hydrogen) atoms. The molecule has 0 radical (unpaired) electrons. The van der Waals surface area contributed by atoms with Crippen molar-refractivity contribution in [2.75, 3.05) is 0 Å². The molecule has 3 nitrogen and oxygen atoms in total. The zero-order chi connectivity index (χ0) is 9.47. The van der Waals surface area contributed by atoms with Crippen molar-refractivity contribution in [2.24, 2.45) is 5.92 Å². The Morgan fingerprint density at radius 2 is 2.31 bits per heavy atom. The second kappa shape index (κ2) is 2.93. The summed E-state index contributed by atoms with van der Waals surface area (Å²) in [5.74, 6) is 0.332. The normalized spacial score (nSPS) is 21.2. The maximum absolute atomic E-state index is 10.1. The Balaban J connectivity index is 2.33. The Kier molecular flexibility index (Phi) is 2.00. The molecule has 1 aromatic rings. The average molecular weight is 199 g/mol. The molecule has 0 amide bonds. The molecule has 1 aromatic heterocycles. The molecule has 4 heteroatoms. The van der Waals surface area contributed by atoms with Gasteiger partial charge in [-0.25, -0.2) is 9.97 Å². The Labute approximate surface area is 81.8 Å². The van der Waals surface area contributed by atoms with Crippen LogP contribution in [-0.4, -0.2) is 15.1 Å². The van der Waals surface area contributed by atoms with Gasteiger partial charge in [0.1, 0.15) is 5.60 Å². The number of aromatic nitrogens is 2. The lowest BCUT2D eigenvalue weighted by Gasteiger charge is -2.21. The zero-order valence-corrected chi connectivity index (χ0v) is 8.12. The highest BCUT2D eigenvalue weighted by atomic mass is 35.5. The van der Waals surface area contributed by atoms with Crippen molar-refractivity contribution in [3.8, 4) is 0 Å². The first-order valence-corrected chi connectivity index (χ1v) is 4.70. The van der Waals surface area contributed by atoms with Crippen LogP contribution in [0.2, 0.25) is 5.28 Å². The van der Waals surface area contributed by atoms with Crippen molar-refractivity contribution in [2.45, 2.75) is 25.4 Å². The molecule has 1 atom stereocenters. The monoisotopic (exact) mass is 198 g/mol. The van der Waals surface area contributed by atoms with Gasteiger partial charge in [0.05, 0.1) is 5.69 Å². The third-order valence-electron chi connectivity index (χ3n) is 2.52. The van der Waals surface area contributed by atoms with Crippen molar-refractivity contribution >= 4 is 11.6 Å². The van der Waals surface area contributed by atoms with E-state index in [-0.39, 0.29) is 5.28 Å². The first kappa shape index (κ1) is 8.91. The molecule has 1 saturated carbocycles. The fourth-order valence-corrected chi connectivity index (χ4v) is 1.62. The molecule has 70 valence electrons. The van der Waals surface area contributed by atoms with Crippen molar-refractivity contribution in [1.82, 2.24) is 9.97 Å². The maximum atomic E-state index is 10.1. The van der Waals surface area contributed by atoms with Gasteiger partial charge in [0.2, 0.25) is 5.28 Å². The number of hydrogen-bond acceptors (Lipinski definition) is 3. The van der Waals surface area contributed by atoms with Gasteiger partial charge in [-0.3, -0.25) is 0 Å². The lowest BCUT2D eigenvalue weighted by molar-refractivity contribution is 0.0285. The average Bonchev–Trinajstić information content (AvgIpc) is 2.86. The van der Waals surface area contributed by atoms with Crippen LogP contribution in [0.15, 0.2) is 12.3 Å². The molecule has 0 saturated heterocycles. The van der Waals surface area contributed by atoms with Crippen molar-refractivity contribution in [3.05, 3.63) is 23.2 Å². The molecule has 1 N–H and O–H groups in total. The number of hydrogen-bond donors (Lipinski definition) is 1. The van der Waals surface area contributed by atoms with E-state index in [1.165, 1.54) is 0 Å². The molecule has 0 bridgehead atoms. The van der Waals surface area contributed by atoms with Crippen LogP contribution in [0.3, 0.4) is 0 Å². The van der Waals surface area contributed by atoms with E-state index in [0.717, 1.165) is 12.8 Å². The summed E-state index contributed by atoms with van der Waals surface area (Å²) < 4.78 is 0. The minimum atomic E-state index is -0.841. The molecule has 0 aliphatic heterocycles. The number of aliphatic hydroxyl groups is 1. The third-order valence-corrected chi connectivity index (χ3v) is 2.70. The zero-order valence-electron chi connectivity index (χ0n) is 7.37. The minimum Gasteiger partial charge on any atom is -0.384 e. The summed E-state index contributed by atoms with van der Waals surface area (Å²) in [5.41, 5.74) is -0.220. The van der Waals surface area contributed by atoms with Gasteiger partial charge in [-0.05, 0) is 43.4 Å². The lowest BCUT2D eigenvalue weighted by Crippen LogP contribution is -2.25. The summed E-state index contributed by atoms with van der Waals surface area (Å²) in [6.07, 6.45) is 3.70. The number of halogens is 1. The molecule has 0 unspecified atom stereocenters. The van der Waals surface area contributed by atoms with Crippen LogP contribution in [0.25, 0.3) is 0 Å². The van der Waals surface area contributed by atoms with Gasteiger partial charge in [0.25, 0.3) is 0 Å². The smallest absolute Gasteiger partial charge is 0.222 e. The van der Waals surface area contributed by atoms with Crippen LogP contribution in [0.5, 0.6) is 0 Å². The Hall–Kier alpha value is -0.670.